The van der Waals surface area contributed by atoms with Gasteiger partial charge < -0.3 is 15.0 Å². The van der Waals surface area contributed by atoms with Gasteiger partial charge in [-0.25, -0.2) is 9.69 Å². The predicted octanol–water partition coefficient (Wildman–Crippen LogP) is 5.72. The molecule has 1 saturated carbocycles. The number of aromatic nitrogens is 1. The lowest BCUT2D eigenvalue weighted by Gasteiger charge is -2.36. The van der Waals surface area contributed by atoms with Crippen LogP contribution in [0.25, 0.3) is 10.9 Å². The highest BCUT2D eigenvalue weighted by atomic mass is 16.5. The van der Waals surface area contributed by atoms with Crippen molar-refractivity contribution in [2.24, 2.45) is 0 Å². The standard InChI is InChI=1S/C33H32N4O4/c1-41-22-17-15-20(16-18-22)30-29-25(23-11-5-7-13-26(23)35-29)19-28-32(39)37(33(40)36(28)30)27-14-8-6-12-24(27)31(38)34-21-9-3-2-4-10-21/h5-8,11-18,21,28,30,35H,2-4,9-10,19H2,1H3,(H,34,38)/t28-,30-/m0/s1. The Morgan fingerprint density at radius 3 is 2.44 bits per heavy atom. The third kappa shape index (κ3) is 4.17. The van der Waals surface area contributed by atoms with Gasteiger partial charge in [-0.15, -0.1) is 0 Å². The van der Waals surface area contributed by atoms with Crippen LogP contribution < -0.4 is 15.0 Å². The first-order valence-corrected chi connectivity index (χ1v) is 14.3. The molecule has 0 unspecified atom stereocenters. The maximum Gasteiger partial charge on any atom is 0.332 e. The van der Waals surface area contributed by atoms with E-state index in [1.807, 2.05) is 42.5 Å². The molecule has 4 amide bonds. The lowest BCUT2D eigenvalue weighted by Crippen LogP contribution is -2.44. The molecule has 2 fully saturated rings. The minimum absolute atomic E-state index is 0.110. The molecule has 2 aliphatic heterocycles. The molecule has 3 heterocycles. The molecule has 0 spiro atoms. The number of hydrogen-bond donors (Lipinski definition) is 2. The van der Waals surface area contributed by atoms with Crippen molar-refractivity contribution < 1.29 is 19.1 Å². The fraction of sp³-hybridized carbons (Fsp3) is 0.303. The number of benzene rings is 3. The SMILES string of the molecule is COc1ccc([C@H]2c3[nH]c4ccccc4c3C[C@H]3C(=O)N(c4ccccc4C(=O)NC4CCCCC4)C(=O)N23)cc1. The van der Waals surface area contributed by atoms with Crippen molar-refractivity contribution in [2.75, 3.05) is 12.0 Å². The van der Waals surface area contributed by atoms with E-state index in [1.165, 1.54) is 11.3 Å². The maximum absolute atomic E-state index is 14.3. The van der Waals surface area contributed by atoms with Gasteiger partial charge in [0.15, 0.2) is 0 Å². The number of rotatable bonds is 5. The summed E-state index contributed by atoms with van der Waals surface area (Å²) in [4.78, 5) is 48.4. The van der Waals surface area contributed by atoms with Gasteiger partial charge in [0.05, 0.1) is 18.4 Å². The molecule has 0 radical (unpaired) electrons. The Hall–Kier alpha value is -4.59. The number of para-hydroxylation sites is 2. The van der Waals surface area contributed by atoms with Crippen LogP contribution in [-0.4, -0.2) is 46.9 Å². The summed E-state index contributed by atoms with van der Waals surface area (Å²) in [6, 6.07) is 21.0. The van der Waals surface area contributed by atoms with Crippen molar-refractivity contribution in [3.8, 4) is 5.75 Å². The maximum atomic E-state index is 14.3. The number of anilines is 1. The summed E-state index contributed by atoms with van der Waals surface area (Å²) in [5.41, 5.74) is 4.44. The molecule has 8 heteroatoms. The number of fused-ring (bicyclic) bond motifs is 4. The number of nitrogens with one attached hydrogen (secondary N) is 2. The van der Waals surface area contributed by atoms with E-state index in [0.29, 0.717) is 23.4 Å². The summed E-state index contributed by atoms with van der Waals surface area (Å²) in [5.74, 6) is 0.143. The van der Waals surface area contributed by atoms with E-state index in [9.17, 15) is 14.4 Å². The molecule has 4 aromatic rings. The largest absolute Gasteiger partial charge is 0.497 e. The first-order chi connectivity index (χ1) is 20.0. The zero-order valence-corrected chi connectivity index (χ0v) is 22.9. The quantitative estimate of drug-likeness (QED) is 0.312. The lowest BCUT2D eigenvalue weighted by atomic mass is 9.89. The average Bonchev–Trinajstić information content (AvgIpc) is 3.50. The summed E-state index contributed by atoms with van der Waals surface area (Å²) in [5, 5.41) is 4.20. The second-order valence-corrected chi connectivity index (χ2v) is 11.1. The van der Waals surface area contributed by atoms with Gasteiger partial charge in [-0.3, -0.25) is 14.5 Å². The van der Waals surface area contributed by atoms with Gasteiger partial charge in [0.2, 0.25) is 0 Å². The summed E-state index contributed by atoms with van der Waals surface area (Å²) < 4.78 is 5.38. The van der Waals surface area contributed by atoms with E-state index in [2.05, 4.69) is 16.4 Å². The van der Waals surface area contributed by atoms with Gasteiger partial charge in [-0.2, -0.15) is 0 Å². The van der Waals surface area contributed by atoms with Gasteiger partial charge in [0.25, 0.3) is 11.8 Å². The summed E-state index contributed by atoms with van der Waals surface area (Å²) in [7, 11) is 1.61. The third-order valence-corrected chi connectivity index (χ3v) is 8.81. The molecule has 1 aromatic heterocycles. The Balaban J connectivity index is 1.30. The first kappa shape index (κ1) is 25.4. The molecule has 2 N–H and O–H groups in total. The Bertz CT molecular complexity index is 1650. The lowest BCUT2D eigenvalue weighted by molar-refractivity contribution is -0.120. The highest BCUT2D eigenvalue weighted by Gasteiger charge is 2.53. The zero-order valence-electron chi connectivity index (χ0n) is 22.9. The van der Waals surface area contributed by atoms with Gasteiger partial charge >= 0.3 is 6.03 Å². The first-order valence-electron chi connectivity index (χ1n) is 14.3. The average molecular weight is 549 g/mol. The number of aromatic amines is 1. The van der Waals surface area contributed by atoms with Crippen LogP contribution in [0, 0.1) is 0 Å². The Kier molecular flexibility index (Phi) is 6.26. The van der Waals surface area contributed by atoms with Gasteiger partial charge in [-0.05, 0) is 54.3 Å². The smallest absolute Gasteiger partial charge is 0.332 e. The van der Waals surface area contributed by atoms with E-state index in [-0.39, 0.29) is 17.9 Å². The number of imide groups is 1. The van der Waals surface area contributed by atoms with Crippen molar-refractivity contribution in [1.82, 2.24) is 15.2 Å². The van der Waals surface area contributed by atoms with Crippen LogP contribution >= 0.6 is 0 Å². The van der Waals surface area contributed by atoms with Gasteiger partial charge in [0.1, 0.15) is 17.8 Å². The number of methoxy groups -OCH3 is 1. The normalized spacial score (nSPS) is 20.7. The number of amides is 4. The molecule has 208 valence electrons. The topological polar surface area (TPSA) is 94.7 Å². The highest BCUT2D eigenvalue weighted by molar-refractivity contribution is 6.24. The third-order valence-electron chi connectivity index (χ3n) is 8.81. The highest BCUT2D eigenvalue weighted by Crippen LogP contribution is 2.45. The van der Waals surface area contributed by atoms with E-state index >= 15 is 0 Å². The molecule has 3 aliphatic rings. The number of urea groups is 1. The molecule has 8 nitrogen and oxygen atoms in total. The Morgan fingerprint density at radius 1 is 0.927 bits per heavy atom. The van der Waals surface area contributed by atoms with Crippen molar-refractivity contribution in [1.29, 1.82) is 0 Å². The Morgan fingerprint density at radius 2 is 1.66 bits per heavy atom. The molecule has 2 atom stereocenters. The number of nitrogens with zero attached hydrogens (tertiary/aromatic N) is 2. The minimum atomic E-state index is -0.698. The van der Waals surface area contributed by atoms with Crippen molar-refractivity contribution >= 4 is 34.4 Å². The summed E-state index contributed by atoms with van der Waals surface area (Å²) >= 11 is 0. The molecular formula is C33H32N4O4. The fourth-order valence-electron chi connectivity index (χ4n) is 6.80. The van der Waals surface area contributed by atoms with Crippen molar-refractivity contribution in [3.05, 3.63) is 95.2 Å². The van der Waals surface area contributed by atoms with Gasteiger partial charge in [0, 0.05) is 29.1 Å². The fourth-order valence-corrected chi connectivity index (χ4v) is 6.80. The molecule has 0 bridgehead atoms. The van der Waals surface area contributed by atoms with Crippen LogP contribution in [0.5, 0.6) is 5.75 Å². The summed E-state index contributed by atoms with van der Waals surface area (Å²) in [6.45, 7) is 0. The van der Waals surface area contributed by atoms with Crippen molar-refractivity contribution in [3.63, 3.8) is 0 Å². The van der Waals surface area contributed by atoms with E-state index < -0.39 is 18.1 Å². The van der Waals surface area contributed by atoms with E-state index in [4.69, 9.17) is 4.74 Å². The summed E-state index contributed by atoms with van der Waals surface area (Å²) in [6.07, 6.45) is 5.65. The number of H-pyrrole nitrogens is 1. The van der Waals surface area contributed by atoms with Crippen LogP contribution in [0.2, 0.25) is 0 Å². The Labute approximate surface area is 238 Å². The predicted molar refractivity (Wildman–Crippen MR) is 156 cm³/mol. The van der Waals surface area contributed by atoms with Crippen LogP contribution in [0.1, 0.15) is 65.3 Å². The van der Waals surface area contributed by atoms with Crippen LogP contribution in [0.15, 0.2) is 72.8 Å². The molecule has 1 aliphatic carbocycles. The molecule has 41 heavy (non-hydrogen) atoms. The van der Waals surface area contributed by atoms with E-state index in [1.54, 1.807) is 36.3 Å². The second-order valence-electron chi connectivity index (χ2n) is 11.1. The number of carbonyl (C=O) groups is 3. The minimum Gasteiger partial charge on any atom is -0.497 e. The van der Waals surface area contributed by atoms with Crippen LogP contribution in [-0.2, 0) is 11.2 Å². The monoisotopic (exact) mass is 548 g/mol. The molecular weight excluding hydrogens is 516 g/mol. The van der Waals surface area contributed by atoms with Crippen molar-refractivity contribution in [2.45, 2.75) is 56.7 Å². The number of hydrogen-bond acceptors (Lipinski definition) is 4. The second kappa shape index (κ2) is 10.1. The van der Waals surface area contributed by atoms with Gasteiger partial charge in [-0.1, -0.05) is 61.7 Å². The molecule has 1 saturated heterocycles. The zero-order chi connectivity index (χ0) is 28.1. The van der Waals surface area contributed by atoms with E-state index in [0.717, 1.165) is 53.4 Å². The molecule has 7 rings (SSSR count). The molecule has 3 aromatic carbocycles. The number of ether oxygens (including phenoxy) is 1. The number of carbonyl (C=O) groups excluding carboxylic acids is 3. The van der Waals surface area contributed by atoms with Crippen LogP contribution in [0.3, 0.4) is 0 Å². The van der Waals surface area contributed by atoms with Crippen LogP contribution in [0.4, 0.5) is 10.5 Å².